The van der Waals surface area contributed by atoms with Gasteiger partial charge in [-0.3, -0.25) is 14.7 Å². The molecule has 3 N–H and O–H groups in total. The standard InChI is InChI=1S/C14H14ClN3O2S/c15-10-5-8(1-2-12(10)19)6-18-4-3-9-11(7-18)16-14(21)17-13(9)20/h1-2,5,19H,3-4,6-7H2,(H2,16,17,20,21). The van der Waals surface area contributed by atoms with Crippen LogP contribution in [-0.2, 0) is 19.5 Å². The number of nitrogens with one attached hydrogen (secondary N) is 2. The van der Waals surface area contributed by atoms with Crippen LogP contribution in [0.4, 0.5) is 0 Å². The fourth-order valence-electron chi connectivity index (χ4n) is 2.57. The normalized spacial score (nSPS) is 14.9. The van der Waals surface area contributed by atoms with Crippen LogP contribution in [0.2, 0.25) is 5.02 Å². The first-order chi connectivity index (χ1) is 10.0. The zero-order valence-electron chi connectivity index (χ0n) is 11.1. The second kappa shape index (κ2) is 5.63. The van der Waals surface area contributed by atoms with E-state index in [-0.39, 0.29) is 11.3 Å². The van der Waals surface area contributed by atoms with Gasteiger partial charge in [0.05, 0.1) is 5.02 Å². The van der Waals surface area contributed by atoms with Gasteiger partial charge < -0.3 is 10.1 Å². The van der Waals surface area contributed by atoms with Crippen molar-refractivity contribution in [3.8, 4) is 5.75 Å². The molecule has 1 aromatic heterocycles. The molecule has 1 aliphatic heterocycles. The maximum absolute atomic E-state index is 11.8. The number of nitrogens with zero attached hydrogens (tertiary/aromatic N) is 1. The van der Waals surface area contributed by atoms with Gasteiger partial charge in [-0.25, -0.2) is 0 Å². The number of rotatable bonds is 2. The van der Waals surface area contributed by atoms with Crippen LogP contribution in [0.3, 0.4) is 0 Å². The molecule has 0 atom stereocenters. The molecule has 0 amide bonds. The summed E-state index contributed by atoms with van der Waals surface area (Å²) in [5, 5.41) is 9.79. The fraction of sp³-hybridized carbons (Fsp3) is 0.286. The summed E-state index contributed by atoms with van der Waals surface area (Å²) in [5.41, 5.74) is 2.58. The lowest BCUT2D eigenvalue weighted by molar-refractivity contribution is 0.240. The average Bonchev–Trinajstić information content (AvgIpc) is 2.42. The number of hydrogen-bond acceptors (Lipinski definition) is 4. The lowest BCUT2D eigenvalue weighted by Gasteiger charge is -2.27. The van der Waals surface area contributed by atoms with Gasteiger partial charge in [-0.15, -0.1) is 0 Å². The zero-order chi connectivity index (χ0) is 15.0. The summed E-state index contributed by atoms with van der Waals surface area (Å²) < 4.78 is 0.355. The molecule has 2 heterocycles. The molecule has 0 radical (unpaired) electrons. The van der Waals surface area contributed by atoms with Gasteiger partial charge in [0.1, 0.15) is 5.75 Å². The number of aromatic nitrogens is 2. The van der Waals surface area contributed by atoms with Crippen molar-refractivity contribution in [2.75, 3.05) is 6.54 Å². The predicted octanol–water partition coefficient (Wildman–Crippen LogP) is 2.35. The highest BCUT2D eigenvalue weighted by Gasteiger charge is 2.19. The number of halogens is 1. The van der Waals surface area contributed by atoms with E-state index in [1.165, 1.54) is 0 Å². The fourth-order valence-corrected chi connectivity index (χ4v) is 2.99. The zero-order valence-corrected chi connectivity index (χ0v) is 12.7. The molecule has 0 aliphatic carbocycles. The molecule has 1 aromatic carbocycles. The van der Waals surface area contributed by atoms with Crippen LogP contribution in [-0.4, -0.2) is 26.5 Å². The SMILES string of the molecule is O=c1[nH]c(=S)[nH]c2c1CCN(Cc1ccc(O)c(Cl)c1)C2. The molecule has 0 saturated carbocycles. The quantitative estimate of drug-likeness (QED) is 0.742. The van der Waals surface area contributed by atoms with Gasteiger partial charge >= 0.3 is 0 Å². The maximum Gasteiger partial charge on any atom is 0.255 e. The first-order valence-electron chi connectivity index (χ1n) is 6.57. The van der Waals surface area contributed by atoms with E-state index in [4.69, 9.17) is 23.8 Å². The predicted molar refractivity (Wildman–Crippen MR) is 83.2 cm³/mol. The molecule has 0 saturated heterocycles. The molecule has 0 spiro atoms. The molecule has 5 nitrogen and oxygen atoms in total. The number of phenols is 1. The molecular weight excluding hydrogens is 310 g/mol. The van der Waals surface area contributed by atoms with E-state index >= 15 is 0 Å². The third-order valence-electron chi connectivity index (χ3n) is 3.61. The van der Waals surface area contributed by atoms with Gasteiger partial charge in [0.15, 0.2) is 4.77 Å². The Bertz CT molecular complexity index is 800. The summed E-state index contributed by atoms with van der Waals surface area (Å²) in [6.45, 7) is 2.13. The molecule has 3 rings (SSSR count). The summed E-state index contributed by atoms with van der Waals surface area (Å²) in [7, 11) is 0. The summed E-state index contributed by atoms with van der Waals surface area (Å²) >= 11 is 10.9. The van der Waals surface area contributed by atoms with E-state index < -0.39 is 0 Å². The van der Waals surface area contributed by atoms with E-state index in [0.717, 1.165) is 23.4 Å². The van der Waals surface area contributed by atoms with Crippen LogP contribution in [0.5, 0.6) is 5.75 Å². The van der Waals surface area contributed by atoms with E-state index in [1.807, 2.05) is 6.07 Å². The van der Waals surface area contributed by atoms with Crippen molar-refractivity contribution in [1.82, 2.24) is 14.9 Å². The lowest BCUT2D eigenvalue weighted by Crippen LogP contribution is -2.34. The molecule has 0 unspecified atom stereocenters. The molecule has 7 heteroatoms. The first kappa shape index (κ1) is 14.3. The molecule has 1 aliphatic rings. The van der Waals surface area contributed by atoms with Crippen LogP contribution in [0, 0.1) is 4.77 Å². The van der Waals surface area contributed by atoms with Gasteiger partial charge in [0, 0.05) is 30.9 Å². The van der Waals surface area contributed by atoms with Crippen molar-refractivity contribution in [3.63, 3.8) is 0 Å². The van der Waals surface area contributed by atoms with Crippen molar-refractivity contribution in [2.24, 2.45) is 0 Å². The Morgan fingerprint density at radius 2 is 2.19 bits per heavy atom. The van der Waals surface area contributed by atoms with Gasteiger partial charge in [0.25, 0.3) is 5.56 Å². The summed E-state index contributed by atoms with van der Waals surface area (Å²) in [4.78, 5) is 19.7. The average molecular weight is 324 g/mol. The van der Waals surface area contributed by atoms with Crippen molar-refractivity contribution in [2.45, 2.75) is 19.5 Å². The topological polar surface area (TPSA) is 72.1 Å². The minimum atomic E-state index is -0.0962. The number of benzene rings is 1. The van der Waals surface area contributed by atoms with Crippen molar-refractivity contribution < 1.29 is 5.11 Å². The number of aromatic amines is 2. The van der Waals surface area contributed by atoms with E-state index in [1.54, 1.807) is 12.1 Å². The Labute approximate surface area is 131 Å². The Morgan fingerprint density at radius 1 is 1.38 bits per heavy atom. The van der Waals surface area contributed by atoms with Crippen molar-refractivity contribution in [3.05, 3.63) is 55.2 Å². The summed E-state index contributed by atoms with van der Waals surface area (Å²) in [6.07, 6.45) is 0.683. The Balaban J connectivity index is 1.81. The van der Waals surface area contributed by atoms with E-state index in [2.05, 4.69) is 14.9 Å². The summed E-state index contributed by atoms with van der Waals surface area (Å²) in [6, 6.07) is 5.19. The van der Waals surface area contributed by atoms with Crippen LogP contribution in [0.1, 0.15) is 16.8 Å². The van der Waals surface area contributed by atoms with Gasteiger partial charge in [-0.1, -0.05) is 17.7 Å². The van der Waals surface area contributed by atoms with Crippen LogP contribution in [0.25, 0.3) is 0 Å². The minimum Gasteiger partial charge on any atom is -0.506 e. The number of phenolic OH excluding ortho intramolecular Hbond substituents is 1. The van der Waals surface area contributed by atoms with Gasteiger partial charge in [-0.05, 0) is 36.3 Å². The second-order valence-electron chi connectivity index (χ2n) is 5.11. The van der Waals surface area contributed by atoms with Gasteiger partial charge in [0.2, 0.25) is 0 Å². The molecular formula is C14H14ClN3O2S. The lowest BCUT2D eigenvalue weighted by atomic mass is 10.1. The third-order valence-corrected chi connectivity index (χ3v) is 4.11. The largest absolute Gasteiger partial charge is 0.506 e. The van der Waals surface area contributed by atoms with Gasteiger partial charge in [-0.2, -0.15) is 0 Å². The summed E-state index contributed by atoms with van der Waals surface area (Å²) in [5.74, 6) is 0.0834. The Hall–Kier alpha value is -1.63. The molecule has 110 valence electrons. The highest BCUT2D eigenvalue weighted by atomic mass is 35.5. The Morgan fingerprint density at radius 3 is 2.95 bits per heavy atom. The third kappa shape index (κ3) is 3.02. The van der Waals surface area contributed by atoms with Crippen molar-refractivity contribution in [1.29, 1.82) is 0 Å². The number of aromatic hydroxyl groups is 1. The monoisotopic (exact) mass is 323 g/mol. The first-order valence-corrected chi connectivity index (χ1v) is 7.35. The van der Waals surface area contributed by atoms with Crippen LogP contribution in [0.15, 0.2) is 23.0 Å². The van der Waals surface area contributed by atoms with Crippen LogP contribution < -0.4 is 5.56 Å². The minimum absolute atomic E-state index is 0.0834. The highest BCUT2D eigenvalue weighted by molar-refractivity contribution is 7.71. The maximum atomic E-state index is 11.8. The van der Waals surface area contributed by atoms with Crippen molar-refractivity contribution >= 4 is 23.8 Å². The molecule has 0 bridgehead atoms. The smallest absolute Gasteiger partial charge is 0.255 e. The van der Waals surface area contributed by atoms with E-state index in [9.17, 15) is 9.90 Å². The number of fused-ring (bicyclic) bond motifs is 1. The highest BCUT2D eigenvalue weighted by Crippen LogP contribution is 2.25. The molecule has 2 aromatic rings. The molecule has 21 heavy (non-hydrogen) atoms. The second-order valence-corrected chi connectivity index (χ2v) is 5.93. The Kier molecular flexibility index (Phi) is 3.84. The van der Waals surface area contributed by atoms with Crippen LogP contribution >= 0.6 is 23.8 Å². The number of H-pyrrole nitrogens is 2. The van der Waals surface area contributed by atoms with E-state index in [0.29, 0.717) is 29.3 Å². The molecule has 0 fully saturated rings. The number of hydrogen-bond donors (Lipinski definition) is 3.